The molecule has 2 heterocycles. The number of nitrogens with zero attached hydrogens (tertiary/aromatic N) is 3. The zero-order chi connectivity index (χ0) is 14.7. The molecule has 1 saturated heterocycles. The SMILES string of the molecule is O=C(CCNc1cc(Cl)nc(C2CC2)n1)N1CCOCC1. The van der Waals surface area contributed by atoms with Crippen molar-refractivity contribution in [1.29, 1.82) is 0 Å². The molecule has 0 aromatic carbocycles. The smallest absolute Gasteiger partial charge is 0.224 e. The number of anilines is 1. The lowest BCUT2D eigenvalue weighted by molar-refractivity contribution is -0.134. The van der Waals surface area contributed by atoms with Gasteiger partial charge in [-0.2, -0.15) is 0 Å². The molecule has 0 spiro atoms. The normalized spacial score (nSPS) is 18.6. The van der Waals surface area contributed by atoms with Crippen molar-refractivity contribution in [3.63, 3.8) is 0 Å². The van der Waals surface area contributed by atoms with E-state index in [4.69, 9.17) is 16.3 Å². The number of aromatic nitrogens is 2. The molecule has 1 N–H and O–H groups in total. The van der Waals surface area contributed by atoms with Crippen LogP contribution in [0.3, 0.4) is 0 Å². The third-order valence-corrected chi connectivity index (χ3v) is 3.86. The van der Waals surface area contributed by atoms with Crippen molar-refractivity contribution in [1.82, 2.24) is 14.9 Å². The van der Waals surface area contributed by atoms with E-state index in [1.165, 1.54) is 0 Å². The summed E-state index contributed by atoms with van der Waals surface area (Å²) in [6.07, 6.45) is 2.71. The molecule has 0 atom stereocenters. The summed E-state index contributed by atoms with van der Waals surface area (Å²) >= 11 is 6.00. The zero-order valence-corrected chi connectivity index (χ0v) is 12.6. The summed E-state index contributed by atoms with van der Waals surface area (Å²) in [5.41, 5.74) is 0. The van der Waals surface area contributed by atoms with E-state index in [9.17, 15) is 4.79 Å². The monoisotopic (exact) mass is 310 g/mol. The highest BCUT2D eigenvalue weighted by molar-refractivity contribution is 6.29. The second-order valence-electron chi connectivity index (χ2n) is 5.38. The Morgan fingerprint density at radius 3 is 2.86 bits per heavy atom. The number of carbonyl (C=O) groups excluding carboxylic acids is 1. The van der Waals surface area contributed by atoms with Crippen molar-refractivity contribution in [2.75, 3.05) is 38.2 Å². The number of halogens is 1. The number of amides is 1. The molecule has 3 rings (SSSR count). The Labute approximate surface area is 128 Å². The summed E-state index contributed by atoms with van der Waals surface area (Å²) in [7, 11) is 0. The number of carbonyl (C=O) groups is 1. The number of hydrogen-bond donors (Lipinski definition) is 1. The van der Waals surface area contributed by atoms with Gasteiger partial charge < -0.3 is 15.0 Å². The van der Waals surface area contributed by atoms with Crippen molar-refractivity contribution in [2.45, 2.75) is 25.2 Å². The summed E-state index contributed by atoms with van der Waals surface area (Å²) in [5.74, 6) is 2.11. The van der Waals surface area contributed by atoms with Gasteiger partial charge in [-0.05, 0) is 12.8 Å². The van der Waals surface area contributed by atoms with E-state index in [1.54, 1.807) is 6.07 Å². The summed E-state index contributed by atoms with van der Waals surface area (Å²) in [6.45, 7) is 3.18. The van der Waals surface area contributed by atoms with E-state index in [2.05, 4.69) is 15.3 Å². The highest BCUT2D eigenvalue weighted by atomic mass is 35.5. The summed E-state index contributed by atoms with van der Waals surface area (Å²) in [6, 6.07) is 1.70. The average Bonchev–Trinajstić information content (AvgIpc) is 3.32. The van der Waals surface area contributed by atoms with Gasteiger partial charge in [-0.3, -0.25) is 4.79 Å². The van der Waals surface area contributed by atoms with Crippen LogP contribution in [0.4, 0.5) is 5.82 Å². The molecule has 114 valence electrons. The Morgan fingerprint density at radius 2 is 2.14 bits per heavy atom. The molecule has 2 fully saturated rings. The van der Waals surface area contributed by atoms with E-state index in [0.29, 0.717) is 56.2 Å². The average molecular weight is 311 g/mol. The van der Waals surface area contributed by atoms with E-state index in [1.807, 2.05) is 4.90 Å². The number of rotatable bonds is 5. The maximum Gasteiger partial charge on any atom is 0.224 e. The molecule has 7 heteroatoms. The summed E-state index contributed by atoms with van der Waals surface area (Å²) in [5, 5.41) is 3.62. The second kappa shape index (κ2) is 6.58. The van der Waals surface area contributed by atoms with Gasteiger partial charge in [0.1, 0.15) is 16.8 Å². The zero-order valence-electron chi connectivity index (χ0n) is 11.8. The van der Waals surface area contributed by atoms with Crippen molar-refractivity contribution >= 4 is 23.3 Å². The van der Waals surface area contributed by atoms with Gasteiger partial charge >= 0.3 is 0 Å². The maximum absolute atomic E-state index is 12.0. The molecule has 1 saturated carbocycles. The third-order valence-electron chi connectivity index (χ3n) is 3.66. The van der Waals surface area contributed by atoms with Gasteiger partial charge in [-0.25, -0.2) is 9.97 Å². The molecule has 1 aliphatic heterocycles. The minimum Gasteiger partial charge on any atom is -0.378 e. The topological polar surface area (TPSA) is 67.4 Å². The van der Waals surface area contributed by atoms with E-state index >= 15 is 0 Å². The van der Waals surface area contributed by atoms with E-state index in [-0.39, 0.29) is 5.91 Å². The standard InChI is InChI=1S/C14H19ClN4O2/c15-11-9-12(18-14(17-11)10-1-2-10)16-4-3-13(20)19-5-7-21-8-6-19/h9-10H,1-8H2,(H,16,17,18). The van der Waals surface area contributed by atoms with Crippen LogP contribution in [-0.4, -0.2) is 53.6 Å². The first-order chi connectivity index (χ1) is 10.2. The Morgan fingerprint density at radius 1 is 1.38 bits per heavy atom. The molecular weight excluding hydrogens is 292 g/mol. The van der Waals surface area contributed by atoms with Crippen LogP contribution in [0.15, 0.2) is 6.07 Å². The Kier molecular flexibility index (Phi) is 4.55. The quantitative estimate of drug-likeness (QED) is 0.838. The third kappa shape index (κ3) is 4.04. The van der Waals surface area contributed by atoms with Crippen molar-refractivity contribution in [2.24, 2.45) is 0 Å². The molecular formula is C14H19ClN4O2. The van der Waals surface area contributed by atoms with Crippen molar-refractivity contribution in [3.05, 3.63) is 17.0 Å². The van der Waals surface area contributed by atoms with Crippen LogP contribution in [0.5, 0.6) is 0 Å². The Hall–Kier alpha value is -1.40. The van der Waals surface area contributed by atoms with E-state index < -0.39 is 0 Å². The summed E-state index contributed by atoms with van der Waals surface area (Å²) < 4.78 is 5.24. The van der Waals surface area contributed by atoms with Gasteiger partial charge in [0.2, 0.25) is 5.91 Å². The van der Waals surface area contributed by atoms with Crippen LogP contribution < -0.4 is 5.32 Å². The first-order valence-corrected chi connectivity index (χ1v) is 7.74. The molecule has 0 bridgehead atoms. The van der Waals surface area contributed by atoms with Crippen LogP contribution >= 0.6 is 11.6 Å². The molecule has 0 radical (unpaired) electrons. The molecule has 1 amide bonds. The molecule has 21 heavy (non-hydrogen) atoms. The molecule has 0 unspecified atom stereocenters. The van der Waals surface area contributed by atoms with Gasteiger partial charge in [0.15, 0.2) is 0 Å². The number of nitrogens with one attached hydrogen (secondary N) is 1. The molecule has 6 nitrogen and oxygen atoms in total. The predicted octanol–water partition coefficient (Wildman–Crippen LogP) is 1.67. The highest BCUT2D eigenvalue weighted by Gasteiger charge is 2.27. The van der Waals surface area contributed by atoms with Crippen LogP contribution in [-0.2, 0) is 9.53 Å². The predicted molar refractivity (Wildman–Crippen MR) is 79.5 cm³/mol. The number of ether oxygens (including phenoxy) is 1. The lowest BCUT2D eigenvalue weighted by atomic mass is 10.3. The van der Waals surface area contributed by atoms with Crippen molar-refractivity contribution in [3.8, 4) is 0 Å². The van der Waals surface area contributed by atoms with Gasteiger partial charge in [-0.1, -0.05) is 11.6 Å². The fourth-order valence-corrected chi connectivity index (χ4v) is 2.51. The highest BCUT2D eigenvalue weighted by Crippen LogP contribution is 2.38. The van der Waals surface area contributed by atoms with Crippen LogP contribution in [0.1, 0.15) is 31.0 Å². The molecule has 1 aromatic rings. The summed E-state index contributed by atoms with van der Waals surface area (Å²) in [4.78, 5) is 22.5. The molecule has 1 aliphatic carbocycles. The fourth-order valence-electron chi connectivity index (χ4n) is 2.32. The lowest BCUT2D eigenvalue weighted by Crippen LogP contribution is -2.41. The van der Waals surface area contributed by atoms with Crippen LogP contribution in [0, 0.1) is 0 Å². The van der Waals surface area contributed by atoms with Crippen LogP contribution in [0.25, 0.3) is 0 Å². The maximum atomic E-state index is 12.0. The lowest BCUT2D eigenvalue weighted by Gasteiger charge is -2.26. The van der Waals surface area contributed by atoms with Gasteiger partial charge in [0.25, 0.3) is 0 Å². The molecule has 2 aliphatic rings. The number of morpholine rings is 1. The Bertz CT molecular complexity index is 516. The first-order valence-electron chi connectivity index (χ1n) is 7.36. The van der Waals surface area contributed by atoms with Crippen molar-refractivity contribution < 1.29 is 9.53 Å². The first kappa shape index (κ1) is 14.5. The molecule has 1 aromatic heterocycles. The number of hydrogen-bond acceptors (Lipinski definition) is 5. The Balaban J connectivity index is 1.49. The fraction of sp³-hybridized carbons (Fsp3) is 0.643. The van der Waals surface area contributed by atoms with Gasteiger partial charge in [0, 0.05) is 38.0 Å². The minimum absolute atomic E-state index is 0.147. The largest absolute Gasteiger partial charge is 0.378 e. The van der Waals surface area contributed by atoms with Crippen LogP contribution in [0.2, 0.25) is 5.15 Å². The minimum atomic E-state index is 0.147. The van der Waals surface area contributed by atoms with Gasteiger partial charge in [0.05, 0.1) is 13.2 Å². The van der Waals surface area contributed by atoms with E-state index in [0.717, 1.165) is 18.7 Å². The second-order valence-corrected chi connectivity index (χ2v) is 5.77. The van der Waals surface area contributed by atoms with Gasteiger partial charge in [-0.15, -0.1) is 0 Å².